The Kier molecular flexibility index (Phi) is 6.84. The first kappa shape index (κ1) is 19.7. The molecule has 7 heteroatoms. The molecule has 0 amide bonds. The lowest BCUT2D eigenvalue weighted by atomic mass is 10.1. The summed E-state index contributed by atoms with van der Waals surface area (Å²) in [6.45, 7) is 3.68. The molecule has 1 saturated heterocycles. The number of rotatable bonds is 5. The highest BCUT2D eigenvalue weighted by Crippen LogP contribution is 2.23. The predicted octanol–water partition coefficient (Wildman–Crippen LogP) is 3.24. The molecule has 0 aromatic heterocycles. The summed E-state index contributed by atoms with van der Waals surface area (Å²) < 4.78 is 33.4. The Morgan fingerprint density at radius 1 is 1.04 bits per heavy atom. The summed E-state index contributed by atoms with van der Waals surface area (Å²) in [5, 5.41) is 3.22. The van der Waals surface area contributed by atoms with Crippen molar-refractivity contribution in [2.75, 3.05) is 13.1 Å². The van der Waals surface area contributed by atoms with Crippen LogP contribution in [0.5, 0.6) is 11.5 Å². The van der Waals surface area contributed by atoms with Crippen LogP contribution in [-0.2, 0) is 10.0 Å². The van der Waals surface area contributed by atoms with Gasteiger partial charge in [0.25, 0.3) is 0 Å². The van der Waals surface area contributed by atoms with Crippen molar-refractivity contribution in [3.05, 3.63) is 54.1 Å². The van der Waals surface area contributed by atoms with E-state index in [0.717, 1.165) is 37.2 Å². The number of aryl methyl sites for hydroxylation is 1. The van der Waals surface area contributed by atoms with Crippen LogP contribution >= 0.6 is 12.4 Å². The van der Waals surface area contributed by atoms with Gasteiger partial charge in [0.05, 0.1) is 4.90 Å². The van der Waals surface area contributed by atoms with Gasteiger partial charge in [0.1, 0.15) is 11.5 Å². The fourth-order valence-electron chi connectivity index (χ4n) is 2.73. The van der Waals surface area contributed by atoms with Gasteiger partial charge in [0.15, 0.2) is 0 Å². The summed E-state index contributed by atoms with van der Waals surface area (Å²) in [6, 6.07) is 14.2. The van der Waals surface area contributed by atoms with Gasteiger partial charge in [-0.25, -0.2) is 13.1 Å². The molecular formula is C18H23ClN2O3S. The average Bonchev–Trinajstić information content (AvgIpc) is 2.56. The highest BCUT2D eigenvalue weighted by Gasteiger charge is 2.21. The van der Waals surface area contributed by atoms with E-state index in [1.807, 2.05) is 31.2 Å². The van der Waals surface area contributed by atoms with E-state index in [-0.39, 0.29) is 23.3 Å². The maximum atomic E-state index is 12.4. The van der Waals surface area contributed by atoms with E-state index in [1.165, 1.54) is 0 Å². The summed E-state index contributed by atoms with van der Waals surface area (Å²) >= 11 is 0. The van der Waals surface area contributed by atoms with Crippen molar-refractivity contribution in [1.82, 2.24) is 10.0 Å². The number of benzene rings is 2. The summed E-state index contributed by atoms with van der Waals surface area (Å²) in [7, 11) is -3.49. The number of halogens is 1. The zero-order valence-corrected chi connectivity index (χ0v) is 15.7. The molecule has 1 heterocycles. The van der Waals surface area contributed by atoms with Crippen molar-refractivity contribution in [1.29, 1.82) is 0 Å². The molecule has 5 nitrogen and oxygen atoms in total. The summed E-state index contributed by atoms with van der Waals surface area (Å²) in [6.07, 6.45) is 1.63. The van der Waals surface area contributed by atoms with Crippen LogP contribution in [0.15, 0.2) is 53.4 Å². The molecule has 2 aromatic carbocycles. The van der Waals surface area contributed by atoms with Crippen molar-refractivity contribution in [2.45, 2.75) is 30.7 Å². The van der Waals surface area contributed by atoms with E-state index >= 15 is 0 Å². The number of ether oxygens (including phenoxy) is 1. The van der Waals surface area contributed by atoms with Gasteiger partial charge >= 0.3 is 0 Å². The minimum Gasteiger partial charge on any atom is -0.457 e. The summed E-state index contributed by atoms with van der Waals surface area (Å²) in [5.74, 6) is 1.35. The monoisotopic (exact) mass is 382 g/mol. The Morgan fingerprint density at radius 3 is 2.36 bits per heavy atom. The zero-order valence-electron chi connectivity index (χ0n) is 14.1. The number of sulfonamides is 1. The van der Waals surface area contributed by atoms with Gasteiger partial charge in [-0.3, -0.25) is 0 Å². The van der Waals surface area contributed by atoms with Crippen molar-refractivity contribution in [3.63, 3.8) is 0 Å². The highest BCUT2D eigenvalue weighted by molar-refractivity contribution is 7.89. The van der Waals surface area contributed by atoms with Gasteiger partial charge in [-0.1, -0.05) is 12.1 Å². The van der Waals surface area contributed by atoms with E-state index < -0.39 is 10.0 Å². The smallest absolute Gasteiger partial charge is 0.240 e. The first-order valence-corrected chi connectivity index (χ1v) is 9.59. The lowest BCUT2D eigenvalue weighted by Crippen LogP contribution is -2.42. The fourth-order valence-corrected chi connectivity index (χ4v) is 4.03. The van der Waals surface area contributed by atoms with Gasteiger partial charge in [-0.05, 0) is 74.8 Å². The van der Waals surface area contributed by atoms with Gasteiger partial charge in [0.2, 0.25) is 10.0 Å². The van der Waals surface area contributed by atoms with Crippen molar-refractivity contribution in [2.24, 2.45) is 0 Å². The van der Waals surface area contributed by atoms with E-state index in [1.54, 1.807) is 24.3 Å². The van der Waals surface area contributed by atoms with Gasteiger partial charge in [-0.15, -0.1) is 12.4 Å². The molecule has 0 atom stereocenters. The maximum Gasteiger partial charge on any atom is 0.240 e. The Balaban J connectivity index is 0.00000225. The molecule has 25 heavy (non-hydrogen) atoms. The fraction of sp³-hybridized carbons (Fsp3) is 0.333. The van der Waals surface area contributed by atoms with Crippen LogP contribution < -0.4 is 14.8 Å². The number of hydrogen-bond donors (Lipinski definition) is 2. The number of piperidine rings is 1. The zero-order chi connectivity index (χ0) is 17.0. The normalized spacial score (nSPS) is 15.4. The standard InChI is InChI=1S/C18H22N2O3S.ClH/c1-14-3-2-4-17(13-14)23-16-5-7-18(8-6-16)24(21,22)20-15-9-11-19-12-10-15;/h2-8,13,15,19-20H,9-12H2,1H3;1H. The van der Waals surface area contributed by atoms with Gasteiger partial charge in [-0.2, -0.15) is 0 Å². The molecule has 0 aliphatic carbocycles. The lowest BCUT2D eigenvalue weighted by molar-refractivity contribution is 0.427. The van der Waals surface area contributed by atoms with Crippen LogP contribution in [0, 0.1) is 6.92 Å². The van der Waals surface area contributed by atoms with Crippen LogP contribution in [0.3, 0.4) is 0 Å². The molecule has 0 radical (unpaired) electrons. The molecular weight excluding hydrogens is 360 g/mol. The Hall–Kier alpha value is -1.60. The Labute approximate surface area is 155 Å². The molecule has 3 rings (SSSR count). The minimum absolute atomic E-state index is 0. The third-order valence-corrected chi connectivity index (χ3v) is 5.56. The molecule has 2 N–H and O–H groups in total. The molecule has 1 aliphatic heterocycles. The molecule has 0 unspecified atom stereocenters. The molecule has 1 fully saturated rings. The Bertz CT molecular complexity index is 788. The molecule has 0 spiro atoms. The molecule has 2 aromatic rings. The van der Waals surface area contributed by atoms with Crippen LogP contribution in [0.1, 0.15) is 18.4 Å². The largest absolute Gasteiger partial charge is 0.457 e. The lowest BCUT2D eigenvalue weighted by Gasteiger charge is -2.23. The SMILES string of the molecule is Cc1cccc(Oc2ccc(S(=O)(=O)NC3CCNCC3)cc2)c1.Cl. The second-order valence-electron chi connectivity index (χ2n) is 6.04. The van der Waals surface area contributed by atoms with Crippen LogP contribution in [-0.4, -0.2) is 27.5 Å². The van der Waals surface area contributed by atoms with E-state index in [0.29, 0.717) is 5.75 Å². The average molecular weight is 383 g/mol. The van der Waals surface area contributed by atoms with Crippen molar-refractivity contribution < 1.29 is 13.2 Å². The van der Waals surface area contributed by atoms with E-state index in [4.69, 9.17) is 4.74 Å². The summed E-state index contributed by atoms with van der Waals surface area (Å²) in [4.78, 5) is 0.262. The second-order valence-corrected chi connectivity index (χ2v) is 7.75. The van der Waals surface area contributed by atoms with Gasteiger partial charge < -0.3 is 10.1 Å². The first-order valence-electron chi connectivity index (χ1n) is 8.10. The van der Waals surface area contributed by atoms with Crippen LogP contribution in [0.4, 0.5) is 0 Å². The van der Waals surface area contributed by atoms with Gasteiger partial charge in [0, 0.05) is 6.04 Å². The van der Waals surface area contributed by atoms with Crippen LogP contribution in [0.2, 0.25) is 0 Å². The minimum atomic E-state index is -3.49. The molecule has 136 valence electrons. The highest BCUT2D eigenvalue weighted by atomic mass is 35.5. The molecule has 0 bridgehead atoms. The van der Waals surface area contributed by atoms with Crippen LogP contribution in [0.25, 0.3) is 0 Å². The molecule has 0 saturated carbocycles. The quantitative estimate of drug-likeness (QED) is 0.833. The van der Waals surface area contributed by atoms with E-state index in [9.17, 15) is 8.42 Å². The van der Waals surface area contributed by atoms with Crippen molar-refractivity contribution in [3.8, 4) is 11.5 Å². The molecule has 1 aliphatic rings. The number of hydrogen-bond acceptors (Lipinski definition) is 4. The van der Waals surface area contributed by atoms with Crippen molar-refractivity contribution >= 4 is 22.4 Å². The maximum absolute atomic E-state index is 12.4. The summed E-state index contributed by atoms with van der Waals surface area (Å²) in [5.41, 5.74) is 1.11. The Morgan fingerprint density at radius 2 is 1.72 bits per heavy atom. The first-order chi connectivity index (χ1) is 11.5. The predicted molar refractivity (Wildman–Crippen MR) is 101 cm³/mol. The third kappa shape index (κ3) is 5.44. The third-order valence-electron chi connectivity index (χ3n) is 4.02. The number of nitrogens with one attached hydrogen (secondary N) is 2. The topological polar surface area (TPSA) is 67.4 Å². The van der Waals surface area contributed by atoms with E-state index in [2.05, 4.69) is 10.0 Å². The second kappa shape index (κ2) is 8.67.